The maximum absolute atomic E-state index is 5.55. The molecule has 0 radical (unpaired) electrons. The molecule has 1 N–H and O–H groups in total. The van der Waals surface area contributed by atoms with Crippen LogP contribution < -0.4 is 26.5 Å². The topological polar surface area (TPSA) is 21.3 Å². The van der Waals surface area contributed by atoms with E-state index >= 15 is 0 Å². The van der Waals surface area contributed by atoms with E-state index in [-0.39, 0.29) is 21.2 Å². The third-order valence-electron chi connectivity index (χ3n) is 1.54. The molecule has 0 saturated heterocycles. The fourth-order valence-electron chi connectivity index (χ4n) is 0.987. The van der Waals surface area contributed by atoms with E-state index in [2.05, 4.69) is 13.5 Å². The standard InChI is InChI=1S/C9H15INO/c1-8-6-10-7-9(12-8)4-3-5-11-2/h6-7,11H,3-5H2,1-2H3/q-1. The molecular formula is C9H15INO-. The summed E-state index contributed by atoms with van der Waals surface area (Å²) in [6.07, 6.45) is 2.24. The molecule has 12 heavy (non-hydrogen) atoms. The number of ether oxygens (including phenoxy) is 1. The van der Waals surface area contributed by atoms with Crippen LogP contribution in [-0.4, -0.2) is 13.6 Å². The zero-order valence-electron chi connectivity index (χ0n) is 7.56. The van der Waals surface area contributed by atoms with Gasteiger partial charge < -0.3 is 0 Å². The molecule has 0 saturated carbocycles. The zero-order valence-corrected chi connectivity index (χ0v) is 9.72. The first-order chi connectivity index (χ1) is 5.83. The summed E-state index contributed by atoms with van der Waals surface area (Å²) in [4.78, 5) is 0. The van der Waals surface area contributed by atoms with Crippen LogP contribution in [0.5, 0.6) is 0 Å². The monoisotopic (exact) mass is 280 g/mol. The van der Waals surface area contributed by atoms with Gasteiger partial charge in [-0.15, -0.1) is 0 Å². The number of halogens is 1. The van der Waals surface area contributed by atoms with E-state index in [0.717, 1.165) is 18.7 Å². The van der Waals surface area contributed by atoms with Gasteiger partial charge in [-0.3, -0.25) is 0 Å². The van der Waals surface area contributed by atoms with E-state index in [1.165, 1.54) is 12.2 Å². The van der Waals surface area contributed by atoms with Crippen LogP contribution in [0.1, 0.15) is 19.8 Å². The predicted molar refractivity (Wildman–Crippen MR) is 46.1 cm³/mol. The summed E-state index contributed by atoms with van der Waals surface area (Å²) in [5.74, 6) is 2.27. The first-order valence-corrected chi connectivity index (χ1v) is 6.62. The van der Waals surface area contributed by atoms with Crippen LogP contribution in [0.2, 0.25) is 0 Å². The number of hydrogen-bond acceptors (Lipinski definition) is 2. The fourth-order valence-corrected chi connectivity index (χ4v) is 2.64. The molecular weight excluding hydrogens is 265 g/mol. The second-order valence-corrected chi connectivity index (χ2v) is 4.70. The summed E-state index contributed by atoms with van der Waals surface area (Å²) in [6.45, 7) is 3.10. The Hall–Kier alpha value is -0.0300. The molecule has 1 aliphatic rings. The van der Waals surface area contributed by atoms with Gasteiger partial charge in [0.1, 0.15) is 0 Å². The molecule has 0 aromatic carbocycles. The number of allylic oxidation sites excluding steroid dienone is 2. The van der Waals surface area contributed by atoms with E-state index in [0.29, 0.717) is 0 Å². The van der Waals surface area contributed by atoms with Gasteiger partial charge in [0.25, 0.3) is 0 Å². The van der Waals surface area contributed by atoms with Gasteiger partial charge in [-0.1, -0.05) is 0 Å². The van der Waals surface area contributed by atoms with Crippen molar-refractivity contribution in [1.82, 2.24) is 5.32 Å². The predicted octanol–water partition coefficient (Wildman–Crippen LogP) is -1.19. The Morgan fingerprint density at radius 2 is 2.33 bits per heavy atom. The Morgan fingerprint density at radius 3 is 3.00 bits per heavy atom. The van der Waals surface area contributed by atoms with Crippen LogP contribution in [0.4, 0.5) is 0 Å². The molecule has 0 spiro atoms. The van der Waals surface area contributed by atoms with Gasteiger partial charge in [-0.25, -0.2) is 0 Å². The van der Waals surface area contributed by atoms with Crippen LogP contribution in [-0.2, 0) is 4.74 Å². The third-order valence-corrected chi connectivity index (χ3v) is 3.83. The minimum atomic E-state index is 0.143. The van der Waals surface area contributed by atoms with Crippen molar-refractivity contribution in [1.29, 1.82) is 0 Å². The number of rotatable bonds is 4. The Morgan fingerprint density at radius 1 is 1.50 bits per heavy atom. The van der Waals surface area contributed by atoms with Crippen LogP contribution in [0, 0.1) is 0 Å². The summed E-state index contributed by atoms with van der Waals surface area (Å²) in [5, 5.41) is 3.13. The average Bonchev–Trinajstić information content (AvgIpc) is 2.05. The van der Waals surface area contributed by atoms with E-state index in [1.54, 1.807) is 0 Å². The van der Waals surface area contributed by atoms with Crippen LogP contribution >= 0.6 is 0 Å². The SMILES string of the molecule is CNCCCC1=C[I-]C=C(C)O1. The van der Waals surface area contributed by atoms with Crippen LogP contribution in [0.15, 0.2) is 19.7 Å². The Balaban J connectivity index is 2.20. The molecule has 0 aromatic heterocycles. The third kappa shape index (κ3) is 3.58. The summed E-state index contributed by atoms with van der Waals surface area (Å²) in [5.41, 5.74) is 0. The van der Waals surface area contributed by atoms with Crippen molar-refractivity contribution in [3.05, 3.63) is 19.7 Å². The average molecular weight is 280 g/mol. The summed E-state index contributed by atoms with van der Waals surface area (Å²) < 4.78 is 10.0. The van der Waals surface area contributed by atoms with Gasteiger partial charge >= 0.3 is 84.3 Å². The van der Waals surface area contributed by atoms with Crippen molar-refractivity contribution in [2.75, 3.05) is 13.6 Å². The van der Waals surface area contributed by atoms with Crippen molar-refractivity contribution >= 4 is 0 Å². The van der Waals surface area contributed by atoms with Gasteiger partial charge in [0.2, 0.25) is 0 Å². The van der Waals surface area contributed by atoms with Crippen molar-refractivity contribution in [2.24, 2.45) is 0 Å². The molecule has 1 heterocycles. The Bertz CT molecular complexity index is 199. The van der Waals surface area contributed by atoms with Crippen molar-refractivity contribution < 1.29 is 25.9 Å². The van der Waals surface area contributed by atoms with Crippen LogP contribution in [0.3, 0.4) is 0 Å². The van der Waals surface area contributed by atoms with Gasteiger partial charge in [0.05, 0.1) is 0 Å². The summed E-state index contributed by atoms with van der Waals surface area (Å²) in [7, 11) is 1.98. The summed E-state index contributed by atoms with van der Waals surface area (Å²) in [6, 6.07) is 0. The quantitative estimate of drug-likeness (QED) is 0.516. The van der Waals surface area contributed by atoms with Crippen molar-refractivity contribution in [2.45, 2.75) is 19.8 Å². The Labute approximate surface area is 84.3 Å². The molecule has 1 rings (SSSR count). The number of nitrogens with one attached hydrogen (secondary N) is 1. The number of hydrogen-bond donors (Lipinski definition) is 1. The van der Waals surface area contributed by atoms with Gasteiger partial charge in [0.15, 0.2) is 0 Å². The van der Waals surface area contributed by atoms with Gasteiger partial charge in [0, 0.05) is 0 Å². The maximum atomic E-state index is 5.55. The minimum absolute atomic E-state index is 0.143. The molecule has 3 heteroatoms. The van der Waals surface area contributed by atoms with Crippen molar-refractivity contribution in [3.63, 3.8) is 0 Å². The normalized spacial score (nSPS) is 17.2. The molecule has 0 amide bonds. The summed E-state index contributed by atoms with van der Waals surface area (Å²) >= 11 is 0.143. The van der Waals surface area contributed by atoms with E-state index < -0.39 is 0 Å². The first-order valence-electron chi connectivity index (χ1n) is 4.13. The van der Waals surface area contributed by atoms with Gasteiger partial charge in [-0.05, 0) is 0 Å². The van der Waals surface area contributed by atoms with Gasteiger partial charge in [-0.2, -0.15) is 0 Å². The zero-order chi connectivity index (χ0) is 8.81. The molecule has 0 atom stereocenters. The second-order valence-electron chi connectivity index (χ2n) is 2.73. The van der Waals surface area contributed by atoms with E-state index in [9.17, 15) is 0 Å². The first kappa shape index (κ1) is 10.1. The molecule has 0 aliphatic carbocycles. The fraction of sp³-hybridized carbons (Fsp3) is 0.556. The molecule has 0 fully saturated rings. The van der Waals surface area contributed by atoms with E-state index in [1.807, 2.05) is 14.0 Å². The molecule has 0 unspecified atom stereocenters. The Kier molecular flexibility index (Phi) is 4.68. The van der Waals surface area contributed by atoms with Crippen LogP contribution in [0.25, 0.3) is 0 Å². The second kappa shape index (κ2) is 5.59. The van der Waals surface area contributed by atoms with E-state index in [4.69, 9.17) is 4.74 Å². The molecule has 0 bridgehead atoms. The molecule has 0 aromatic rings. The molecule has 2 nitrogen and oxygen atoms in total. The molecule has 1 aliphatic heterocycles. The molecule has 70 valence electrons. The van der Waals surface area contributed by atoms with Crippen molar-refractivity contribution in [3.8, 4) is 0 Å².